The van der Waals surface area contributed by atoms with Crippen LogP contribution in [0, 0.1) is 5.82 Å². The normalized spacial score (nSPS) is 15.8. The predicted octanol–water partition coefficient (Wildman–Crippen LogP) is 2.67. The minimum Gasteiger partial charge on any atom is -0.442 e. The van der Waals surface area contributed by atoms with E-state index in [1.165, 1.54) is 29.2 Å². The van der Waals surface area contributed by atoms with Gasteiger partial charge >= 0.3 is 6.09 Å². The number of rotatable bonds is 6. The molecule has 1 aromatic carbocycles. The Morgan fingerprint density at radius 1 is 1.36 bits per heavy atom. The summed E-state index contributed by atoms with van der Waals surface area (Å²) in [6.45, 7) is 1.82. The molecule has 1 aliphatic rings. The number of carbonyl (C=O) groups is 2. The average molecular weight is 467 g/mol. The molecule has 1 saturated heterocycles. The fourth-order valence-corrected chi connectivity index (χ4v) is 4.54. The summed E-state index contributed by atoms with van der Waals surface area (Å²) in [6, 6.07) is 6.41. The first-order valence-corrected chi connectivity index (χ1v) is 10.9. The number of nitrogens with one attached hydrogen (secondary N) is 2. The Labute approximate surface area is 190 Å². The molecule has 2 amide bonds. The summed E-state index contributed by atoms with van der Waals surface area (Å²) >= 11 is 1.46. The summed E-state index contributed by atoms with van der Waals surface area (Å²) in [5, 5.41) is 13.8. The third-order valence-corrected chi connectivity index (χ3v) is 6.11. The number of H-pyrrole nitrogens is 1. The molecule has 4 aromatic rings. The zero-order valence-electron chi connectivity index (χ0n) is 17.4. The first-order chi connectivity index (χ1) is 16.0. The van der Waals surface area contributed by atoms with Crippen LogP contribution >= 0.6 is 11.3 Å². The zero-order valence-corrected chi connectivity index (χ0v) is 18.2. The number of pyridine rings is 1. The Morgan fingerprint density at radius 3 is 3.00 bits per heavy atom. The van der Waals surface area contributed by atoms with E-state index in [1.807, 2.05) is 6.07 Å². The summed E-state index contributed by atoms with van der Waals surface area (Å²) in [4.78, 5) is 33.5. The van der Waals surface area contributed by atoms with Crippen molar-refractivity contribution in [3.8, 4) is 11.1 Å². The van der Waals surface area contributed by atoms with Crippen molar-refractivity contribution < 1.29 is 18.7 Å². The van der Waals surface area contributed by atoms with Gasteiger partial charge in [-0.1, -0.05) is 0 Å². The lowest BCUT2D eigenvalue weighted by atomic mass is 10.1. The van der Waals surface area contributed by atoms with Crippen LogP contribution in [0.2, 0.25) is 0 Å². The molecule has 1 atom stereocenters. The van der Waals surface area contributed by atoms with Crippen molar-refractivity contribution in [1.82, 2.24) is 30.7 Å². The smallest absolute Gasteiger partial charge is 0.414 e. The number of cyclic esters (lactones) is 1. The second kappa shape index (κ2) is 8.54. The van der Waals surface area contributed by atoms with Crippen LogP contribution in [0.15, 0.2) is 36.7 Å². The fourth-order valence-electron chi connectivity index (χ4n) is 3.55. The van der Waals surface area contributed by atoms with Gasteiger partial charge in [0.05, 0.1) is 35.4 Å². The van der Waals surface area contributed by atoms with Gasteiger partial charge < -0.3 is 10.1 Å². The van der Waals surface area contributed by atoms with E-state index in [-0.39, 0.29) is 19.0 Å². The van der Waals surface area contributed by atoms with Crippen LogP contribution < -0.4 is 10.2 Å². The van der Waals surface area contributed by atoms with E-state index in [0.29, 0.717) is 28.9 Å². The summed E-state index contributed by atoms with van der Waals surface area (Å²) in [6.07, 6.45) is 2.68. The molecule has 4 heterocycles. The molecule has 0 unspecified atom stereocenters. The van der Waals surface area contributed by atoms with Crippen LogP contribution in [0.1, 0.15) is 17.6 Å². The quantitative estimate of drug-likeness (QED) is 0.446. The van der Waals surface area contributed by atoms with Gasteiger partial charge in [-0.2, -0.15) is 15.4 Å². The number of nitrogens with zero attached hydrogens (tertiary/aromatic N) is 5. The van der Waals surface area contributed by atoms with Gasteiger partial charge in [0.25, 0.3) is 0 Å². The number of hydrogen-bond acceptors (Lipinski definition) is 8. The molecular weight excluding hydrogens is 449 g/mol. The Hall–Kier alpha value is -3.93. The number of aromatic amines is 1. The number of benzene rings is 1. The molecule has 168 valence electrons. The van der Waals surface area contributed by atoms with E-state index in [2.05, 4.69) is 30.7 Å². The van der Waals surface area contributed by atoms with Gasteiger partial charge in [0.1, 0.15) is 16.9 Å². The lowest BCUT2D eigenvalue weighted by molar-refractivity contribution is -0.119. The third kappa shape index (κ3) is 4.37. The number of hydrogen-bond donors (Lipinski definition) is 2. The predicted molar refractivity (Wildman–Crippen MR) is 118 cm³/mol. The number of aromatic nitrogens is 5. The molecule has 5 rings (SSSR count). The van der Waals surface area contributed by atoms with Crippen LogP contribution in [0.3, 0.4) is 0 Å². The minimum atomic E-state index is -0.579. The molecule has 2 N–H and O–H groups in total. The number of thiazole rings is 1. The molecule has 12 heteroatoms. The Bertz CT molecular complexity index is 1340. The number of amides is 2. The minimum absolute atomic E-state index is 0.206. The van der Waals surface area contributed by atoms with Gasteiger partial charge in [0.2, 0.25) is 5.91 Å². The van der Waals surface area contributed by atoms with Crippen molar-refractivity contribution in [1.29, 1.82) is 0 Å². The number of ether oxygens (including phenoxy) is 1. The second-order valence-corrected chi connectivity index (χ2v) is 8.62. The highest BCUT2D eigenvalue weighted by atomic mass is 32.1. The number of anilines is 1. The van der Waals surface area contributed by atoms with E-state index in [1.54, 1.807) is 24.5 Å². The van der Waals surface area contributed by atoms with Crippen molar-refractivity contribution >= 4 is 39.4 Å². The van der Waals surface area contributed by atoms with Crippen LogP contribution in [0.25, 0.3) is 21.5 Å². The molecule has 0 saturated carbocycles. The molecular formula is C21H18FN7O3S. The first-order valence-electron chi connectivity index (χ1n) is 10.1. The molecule has 10 nitrogen and oxygen atoms in total. The van der Waals surface area contributed by atoms with Crippen molar-refractivity contribution in [2.45, 2.75) is 19.4 Å². The molecule has 1 fully saturated rings. The Kier molecular flexibility index (Phi) is 5.42. The first kappa shape index (κ1) is 20.9. The van der Waals surface area contributed by atoms with Crippen molar-refractivity contribution in [2.75, 3.05) is 18.0 Å². The maximum atomic E-state index is 15.0. The largest absolute Gasteiger partial charge is 0.442 e. The van der Waals surface area contributed by atoms with Gasteiger partial charge in [-0.15, -0.1) is 11.3 Å². The van der Waals surface area contributed by atoms with Crippen LogP contribution in [-0.2, 0) is 16.0 Å². The molecule has 0 bridgehead atoms. The summed E-state index contributed by atoms with van der Waals surface area (Å²) in [5.41, 5.74) is 2.71. The molecule has 3 aromatic heterocycles. The van der Waals surface area contributed by atoms with Gasteiger partial charge in [-0.25, -0.2) is 19.2 Å². The van der Waals surface area contributed by atoms with E-state index in [9.17, 15) is 9.59 Å². The molecule has 0 aliphatic carbocycles. The van der Waals surface area contributed by atoms with Crippen LogP contribution in [0.5, 0.6) is 0 Å². The van der Waals surface area contributed by atoms with Crippen molar-refractivity contribution in [2.24, 2.45) is 0 Å². The maximum Gasteiger partial charge on any atom is 0.414 e. The van der Waals surface area contributed by atoms with Crippen molar-refractivity contribution in [3.05, 3.63) is 53.2 Å². The van der Waals surface area contributed by atoms with Crippen LogP contribution in [0.4, 0.5) is 14.9 Å². The Morgan fingerprint density at radius 2 is 2.24 bits per heavy atom. The van der Waals surface area contributed by atoms with E-state index in [4.69, 9.17) is 4.74 Å². The van der Waals surface area contributed by atoms with Crippen molar-refractivity contribution in [3.63, 3.8) is 0 Å². The fraction of sp³-hybridized carbons (Fsp3) is 0.238. The average Bonchev–Trinajstić information content (AvgIpc) is 3.51. The lowest BCUT2D eigenvalue weighted by Crippen LogP contribution is -2.33. The second-order valence-electron chi connectivity index (χ2n) is 7.51. The highest BCUT2D eigenvalue weighted by Crippen LogP contribution is 2.31. The van der Waals surface area contributed by atoms with E-state index < -0.39 is 18.0 Å². The molecule has 1 aliphatic heterocycles. The Balaban J connectivity index is 1.35. The van der Waals surface area contributed by atoms with Gasteiger partial charge in [-0.3, -0.25) is 9.69 Å². The van der Waals surface area contributed by atoms with Gasteiger partial charge in [-0.05, 0) is 24.3 Å². The van der Waals surface area contributed by atoms with Gasteiger partial charge in [0, 0.05) is 30.7 Å². The lowest BCUT2D eigenvalue weighted by Gasteiger charge is -2.14. The molecule has 33 heavy (non-hydrogen) atoms. The zero-order chi connectivity index (χ0) is 22.9. The van der Waals surface area contributed by atoms with E-state index in [0.717, 1.165) is 15.4 Å². The number of carbonyl (C=O) groups excluding carboxylic acids is 2. The van der Waals surface area contributed by atoms with Gasteiger partial charge in [0.15, 0.2) is 5.65 Å². The van der Waals surface area contributed by atoms with Crippen LogP contribution in [-0.4, -0.2) is 56.6 Å². The summed E-state index contributed by atoms with van der Waals surface area (Å²) in [5.74, 6) is -0.698. The topological polar surface area (TPSA) is 126 Å². The maximum absolute atomic E-state index is 15.0. The highest BCUT2D eigenvalue weighted by Gasteiger charge is 2.32. The number of fused-ring (bicyclic) bond motifs is 1. The molecule has 0 spiro atoms. The number of halogens is 1. The summed E-state index contributed by atoms with van der Waals surface area (Å²) < 4.78 is 21.1. The van der Waals surface area contributed by atoms with E-state index >= 15 is 4.39 Å². The standard InChI is InChI=1S/C21H18FN7O3S/c1-11(30)23-9-15-10-29(21(31)32-15)14-2-3-16(17(22)6-14)12-4-18-20(24-7-12)26-19(33-18)5-13-8-25-28-27-13/h2-4,6-8,15H,5,9-10H2,1H3,(H,23,30)(H,25,27,28)/t15-/m0/s1. The summed E-state index contributed by atoms with van der Waals surface area (Å²) in [7, 11) is 0. The monoisotopic (exact) mass is 467 g/mol. The third-order valence-electron chi connectivity index (χ3n) is 5.12. The highest BCUT2D eigenvalue weighted by molar-refractivity contribution is 7.18. The SMILES string of the molecule is CC(=O)NC[C@H]1CN(c2ccc(-c3cnc4nc(Cc5cn[nH]n5)sc4c3)c(F)c2)C(=O)O1. The molecule has 0 radical (unpaired) electrons.